The molecule has 194 valence electrons. The highest BCUT2D eigenvalue weighted by molar-refractivity contribution is 5.49. The van der Waals surface area contributed by atoms with Gasteiger partial charge >= 0.3 is 0 Å². The molecule has 0 spiro atoms. The monoisotopic (exact) mass is 488 g/mol. The Kier molecular flexibility index (Phi) is 10.7. The number of rotatable bonds is 16. The summed E-state index contributed by atoms with van der Waals surface area (Å²) in [4.78, 5) is 10.7. The number of hydrogen-bond donors (Lipinski definition) is 2. The van der Waals surface area contributed by atoms with Gasteiger partial charge in [0.25, 0.3) is 0 Å². The van der Waals surface area contributed by atoms with Crippen LogP contribution in [0.25, 0.3) is 0 Å². The number of aldehydes is 1. The molecule has 1 aromatic rings. The molecule has 3 rings (SSSR count). The van der Waals surface area contributed by atoms with E-state index in [4.69, 9.17) is 4.74 Å². The normalized spacial score (nSPS) is 20.4. The van der Waals surface area contributed by atoms with Crippen LogP contribution in [-0.4, -0.2) is 26.0 Å². The second-order valence-electron chi connectivity index (χ2n) is 10.3. The van der Waals surface area contributed by atoms with E-state index in [1.807, 2.05) is 6.07 Å². The summed E-state index contributed by atoms with van der Waals surface area (Å²) in [5.74, 6) is 3.26. The molecule has 2 aliphatic carbocycles. The van der Waals surface area contributed by atoms with Crippen LogP contribution in [0.15, 0.2) is 78.7 Å². The van der Waals surface area contributed by atoms with Crippen molar-refractivity contribution < 1.29 is 9.53 Å². The third-order valence-corrected chi connectivity index (χ3v) is 7.42. The highest BCUT2D eigenvalue weighted by Gasteiger charge is 2.41. The SMILES string of the molecule is C=C(/C=C/CCC(C)C1CC1C1=CCCC=C1)N[C@H](Cc1ccc(OC)c(C)c1)C(=C)NCCC=O. The summed E-state index contributed by atoms with van der Waals surface area (Å²) in [5.41, 5.74) is 5.61. The van der Waals surface area contributed by atoms with Crippen LogP contribution in [0.4, 0.5) is 0 Å². The van der Waals surface area contributed by atoms with Crippen molar-refractivity contribution in [3.05, 3.63) is 89.8 Å². The highest BCUT2D eigenvalue weighted by Crippen LogP contribution is 2.51. The van der Waals surface area contributed by atoms with E-state index in [-0.39, 0.29) is 6.04 Å². The van der Waals surface area contributed by atoms with Crippen molar-refractivity contribution in [2.75, 3.05) is 13.7 Å². The fraction of sp³-hybridized carbons (Fsp3) is 0.469. The number of ether oxygens (including phenoxy) is 1. The van der Waals surface area contributed by atoms with E-state index in [0.29, 0.717) is 13.0 Å². The number of hydrogen-bond acceptors (Lipinski definition) is 4. The minimum Gasteiger partial charge on any atom is -0.496 e. The Morgan fingerprint density at radius 2 is 2.08 bits per heavy atom. The third-order valence-electron chi connectivity index (χ3n) is 7.42. The molecule has 2 aliphatic rings. The van der Waals surface area contributed by atoms with E-state index in [1.165, 1.54) is 31.2 Å². The summed E-state index contributed by atoms with van der Waals surface area (Å²) in [6.45, 7) is 13.5. The molecule has 4 heteroatoms. The van der Waals surface area contributed by atoms with Gasteiger partial charge in [-0.1, -0.05) is 56.5 Å². The van der Waals surface area contributed by atoms with Crippen molar-refractivity contribution in [2.24, 2.45) is 17.8 Å². The summed E-state index contributed by atoms with van der Waals surface area (Å²) in [6.07, 6.45) is 19.6. The Morgan fingerprint density at radius 1 is 1.25 bits per heavy atom. The van der Waals surface area contributed by atoms with E-state index in [0.717, 1.165) is 59.6 Å². The van der Waals surface area contributed by atoms with Crippen molar-refractivity contribution in [2.45, 2.75) is 64.8 Å². The average molecular weight is 489 g/mol. The highest BCUT2D eigenvalue weighted by atomic mass is 16.5. The zero-order chi connectivity index (χ0) is 25.9. The Balaban J connectivity index is 1.50. The van der Waals surface area contributed by atoms with Crippen LogP contribution in [-0.2, 0) is 11.2 Å². The zero-order valence-electron chi connectivity index (χ0n) is 22.4. The predicted octanol–water partition coefficient (Wildman–Crippen LogP) is 6.60. The van der Waals surface area contributed by atoms with Gasteiger partial charge in [-0.3, -0.25) is 0 Å². The van der Waals surface area contributed by atoms with Crippen LogP contribution in [0, 0.1) is 24.7 Å². The lowest BCUT2D eigenvalue weighted by molar-refractivity contribution is -0.107. The number of methoxy groups -OCH3 is 1. The van der Waals surface area contributed by atoms with E-state index in [1.54, 1.807) is 12.7 Å². The fourth-order valence-electron chi connectivity index (χ4n) is 5.19. The number of allylic oxidation sites excluding steroid dienone is 6. The van der Waals surface area contributed by atoms with Crippen LogP contribution < -0.4 is 15.4 Å². The Labute approximate surface area is 218 Å². The molecule has 1 saturated carbocycles. The smallest absolute Gasteiger partial charge is 0.121 e. The first kappa shape index (κ1) is 27.6. The maximum Gasteiger partial charge on any atom is 0.121 e. The summed E-state index contributed by atoms with van der Waals surface area (Å²) < 4.78 is 5.40. The second-order valence-corrected chi connectivity index (χ2v) is 10.3. The van der Waals surface area contributed by atoms with Gasteiger partial charge in [0.15, 0.2) is 0 Å². The average Bonchev–Trinajstić information content (AvgIpc) is 3.68. The van der Waals surface area contributed by atoms with E-state index in [2.05, 4.69) is 80.2 Å². The van der Waals surface area contributed by atoms with Crippen molar-refractivity contribution in [1.29, 1.82) is 0 Å². The predicted molar refractivity (Wildman–Crippen MR) is 151 cm³/mol. The lowest BCUT2D eigenvalue weighted by Gasteiger charge is -2.24. The Hall–Kier alpha value is -3.01. The summed E-state index contributed by atoms with van der Waals surface area (Å²) in [6, 6.07) is 6.20. The lowest BCUT2D eigenvalue weighted by Crippen LogP contribution is -2.37. The topological polar surface area (TPSA) is 50.4 Å². The van der Waals surface area contributed by atoms with Crippen molar-refractivity contribution >= 4 is 6.29 Å². The molecule has 2 N–H and O–H groups in total. The molecule has 0 radical (unpaired) electrons. The molecule has 1 aromatic carbocycles. The minimum atomic E-state index is -0.0374. The van der Waals surface area contributed by atoms with Gasteiger partial charge < -0.3 is 20.2 Å². The van der Waals surface area contributed by atoms with E-state index >= 15 is 0 Å². The molecule has 0 bridgehead atoms. The standard InChI is InChI=1S/C32H44N2O2/c1-23(29-22-30(29)28-14-7-6-8-15-28)12-9-10-13-25(3)34-31(26(4)33-18-11-19-35)21-27-16-17-32(36-5)24(2)20-27/h7,10,13-17,19-20,23,29-31,33-34H,3-4,6,8-9,11-12,18,21-22H2,1-2,5H3/b13-10+/t23?,29?,30?,31-/m1/s1. The molecule has 0 aliphatic heterocycles. The first-order chi connectivity index (χ1) is 17.4. The van der Waals surface area contributed by atoms with E-state index < -0.39 is 0 Å². The first-order valence-corrected chi connectivity index (χ1v) is 13.4. The number of carbonyl (C=O) groups is 1. The first-order valence-electron chi connectivity index (χ1n) is 13.4. The molecule has 36 heavy (non-hydrogen) atoms. The summed E-state index contributed by atoms with van der Waals surface area (Å²) in [7, 11) is 1.69. The summed E-state index contributed by atoms with van der Waals surface area (Å²) >= 11 is 0. The molecule has 4 nitrogen and oxygen atoms in total. The van der Waals surface area contributed by atoms with Crippen LogP contribution in [0.3, 0.4) is 0 Å². The van der Waals surface area contributed by atoms with Crippen molar-refractivity contribution in [3.8, 4) is 5.75 Å². The van der Waals surface area contributed by atoms with Crippen molar-refractivity contribution in [3.63, 3.8) is 0 Å². The maximum atomic E-state index is 10.7. The van der Waals surface area contributed by atoms with E-state index in [9.17, 15) is 4.79 Å². The third kappa shape index (κ3) is 8.29. The Bertz CT molecular complexity index is 1000. The molecule has 3 unspecified atom stereocenters. The van der Waals surface area contributed by atoms with Gasteiger partial charge in [-0.2, -0.15) is 0 Å². The number of aryl methyl sites for hydroxylation is 1. The van der Waals surface area contributed by atoms with Gasteiger partial charge in [-0.15, -0.1) is 0 Å². The Morgan fingerprint density at radius 3 is 2.78 bits per heavy atom. The molecule has 0 amide bonds. The molecule has 0 aromatic heterocycles. The quantitative estimate of drug-likeness (QED) is 0.156. The minimum absolute atomic E-state index is 0.0374. The number of carbonyl (C=O) groups excluding carboxylic acids is 1. The van der Waals surface area contributed by atoms with Crippen LogP contribution in [0.2, 0.25) is 0 Å². The van der Waals surface area contributed by atoms with Crippen LogP contribution in [0.5, 0.6) is 5.75 Å². The van der Waals surface area contributed by atoms with Crippen LogP contribution >= 0.6 is 0 Å². The maximum absolute atomic E-state index is 10.7. The molecule has 1 fully saturated rings. The molecule has 4 atom stereocenters. The van der Waals surface area contributed by atoms with Gasteiger partial charge in [0.1, 0.15) is 12.0 Å². The largest absolute Gasteiger partial charge is 0.496 e. The fourth-order valence-corrected chi connectivity index (χ4v) is 5.19. The molecular weight excluding hydrogens is 444 g/mol. The lowest BCUT2D eigenvalue weighted by atomic mass is 9.94. The van der Waals surface area contributed by atoms with Gasteiger partial charge in [-0.05, 0) is 92.0 Å². The van der Waals surface area contributed by atoms with Gasteiger partial charge in [0.05, 0.1) is 13.2 Å². The summed E-state index contributed by atoms with van der Waals surface area (Å²) in [5, 5.41) is 6.83. The van der Waals surface area contributed by atoms with Crippen LogP contribution in [0.1, 0.15) is 56.6 Å². The van der Waals surface area contributed by atoms with Gasteiger partial charge in [-0.25, -0.2) is 0 Å². The second kappa shape index (κ2) is 13.9. The van der Waals surface area contributed by atoms with Gasteiger partial charge in [0.2, 0.25) is 0 Å². The molecule has 0 heterocycles. The van der Waals surface area contributed by atoms with Crippen molar-refractivity contribution in [1.82, 2.24) is 10.6 Å². The molecular formula is C32H44N2O2. The number of nitrogens with one attached hydrogen (secondary N) is 2. The molecule has 0 saturated heterocycles. The zero-order valence-corrected chi connectivity index (χ0v) is 22.4. The van der Waals surface area contributed by atoms with Gasteiger partial charge in [0, 0.05) is 24.4 Å². The number of benzene rings is 1.